The lowest BCUT2D eigenvalue weighted by Crippen LogP contribution is -2.33. The largest absolute Gasteiger partial charge is 0.309 e. The second kappa shape index (κ2) is 9.39. The van der Waals surface area contributed by atoms with Gasteiger partial charge in [0.15, 0.2) is 10.1 Å². The number of aromatic nitrogens is 2. The van der Waals surface area contributed by atoms with Crippen molar-refractivity contribution in [2.75, 3.05) is 32.1 Å². The van der Waals surface area contributed by atoms with Crippen LogP contribution in [-0.2, 0) is 0 Å². The molecule has 0 unspecified atom stereocenters. The van der Waals surface area contributed by atoms with E-state index in [1.807, 2.05) is 38.4 Å². The van der Waals surface area contributed by atoms with E-state index in [9.17, 15) is 4.79 Å². The first-order valence-electron chi connectivity index (χ1n) is 9.62. The van der Waals surface area contributed by atoms with E-state index in [2.05, 4.69) is 35.9 Å². The average molecular weight is 461 g/mol. The summed E-state index contributed by atoms with van der Waals surface area (Å²) in [6.45, 7) is 5.72. The summed E-state index contributed by atoms with van der Waals surface area (Å²) >= 11 is 3.02. The molecule has 158 valence electrons. The number of carbonyl (C=O) groups excluding carboxylic acids is 1. The molecule has 0 fully saturated rings. The molecule has 0 bridgehead atoms. The third-order valence-corrected chi connectivity index (χ3v) is 7.00. The number of benzene rings is 2. The van der Waals surface area contributed by atoms with Crippen LogP contribution in [-0.4, -0.2) is 48.0 Å². The topological polar surface area (TPSA) is 49.3 Å². The fourth-order valence-electron chi connectivity index (χ4n) is 3.19. The molecule has 0 aliphatic heterocycles. The third kappa shape index (κ3) is 4.64. The summed E-state index contributed by atoms with van der Waals surface area (Å²) in [6, 6.07) is 12.1. The van der Waals surface area contributed by atoms with Crippen LogP contribution in [0.4, 0.5) is 5.13 Å². The molecule has 30 heavy (non-hydrogen) atoms. The fourth-order valence-corrected chi connectivity index (χ4v) is 5.18. The summed E-state index contributed by atoms with van der Waals surface area (Å²) in [4.78, 5) is 26.7. The molecule has 2 heterocycles. The summed E-state index contributed by atoms with van der Waals surface area (Å²) in [5.74, 6) is -0.0718. The molecule has 5 nitrogen and oxygen atoms in total. The highest BCUT2D eigenvalue weighted by molar-refractivity contribution is 7.23. The highest BCUT2D eigenvalue weighted by atomic mass is 35.5. The highest BCUT2D eigenvalue weighted by Gasteiger charge is 2.24. The molecule has 4 aromatic rings. The third-order valence-electron chi connectivity index (χ3n) is 4.93. The number of aryl methyl sites for hydroxylation is 2. The zero-order valence-electron chi connectivity index (χ0n) is 17.5. The monoisotopic (exact) mass is 460 g/mol. The normalized spacial score (nSPS) is 11.2. The van der Waals surface area contributed by atoms with E-state index >= 15 is 0 Å². The molecule has 2 aromatic carbocycles. The molecular formula is C22H25ClN4OS2. The predicted octanol–water partition coefficient (Wildman–Crippen LogP) is 5.54. The second-order valence-electron chi connectivity index (χ2n) is 7.50. The van der Waals surface area contributed by atoms with Crippen molar-refractivity contribution >= 4 is 66.6 Å². The van der Waals surface area contributed by atoms with Crippen LogP contribution in [0.3, 0.4) is 0 Å². The first kappa shape index (κ1) is 22.6. The molecule has 0 aliphatic carbocycles. The number of fused-ring (bicyclic) bond motifs is 2. The molecule has 0 radical (unpaired) electrons. The number of halogens is 1. The van der Waals surface area contributed by atoms with E-state index in [0.717, 1.165) is 38.5 Å². The lowest BCUT2D eigenvalue weighted by atomic mass is 10.1. The van der Waals surface area contributed by atoms with Gasteiger partial charge in [-0.2, -0.15) is 0 Å². The number of hydrogen-bond acceptors (Lipinski definition) is 6. The minimum Gasteiger partial charge on any atom is -0.309 e. The Morgan fingerprint density at radius 3 is 2.40 bits per heavy atom. The lowest BCUT2D eigenvalue weighted by molar-refractivity contribution is 0.0986. The van der Waals surface area contributed by atoms with Gasteiger partial charge in [0, 0.05) is 6.54 Å². The number of amides is 1. The Balaban J connectivity index is 0.00000256. The molecule has 8 heteroatoms. The number of carbonyl (C=O) groups is 1. The Morgan fingerprint density at radius 2 is 1.67 bits per heavy atom. The van der Waals surface area contributed by atoms with Crippen LogP contribution < -0.4 is 4.90 Å². The highest BCUT2D eigenvalue weighted by Crippen LogP contribution is 2.32. The standard InChI is InChI=1S/C22H24N4OS2.ClH/c1-14-12-17-19(13-15(14)2)29-22(24-17)26(11-7-10-25(3)4)21(27)20-23-16-8-5-6-9-18(16)28-20;/h5-6,8-9,12-13H,7,10-11H2,1-4H3;1H. The van der Waals surface area contributed by atoms with Crippen molar-refractivity contribution in [1.29, 1.82) is 0 Å². The zero-order valence-corrected chi connectivity index (χ0v) is 20.0. The lowest BCUT2D eigenvalue weighted by Gasteiger charge is -2.19. The van der Waals surface area contributed by atoms with Gasteiger partial charge in [-0.3, -0.25) is 9.69 Å². The SMILES string of the molecule is Cc1cc2nc(N(CCCN(C)C)C(=O)c3nc4ccccc4s3)sc2cc1C.Cl. The van der Waals surface area contributed by atoms with Crippen LogP contribution in [0.25, 0.3) is 20.4 Å². The molecular weight excluding hydrogens is 436 g/mol. The van der Waals surface area contributed by atoms with E-state index in [0.29, 0.717) is 11.6 Å². The predicted molar refractivity (Wildman–Crippen MR) is 131 cm³/mol. The number of para-hydroxylation sites is 1. The molecule has 0 saturated carbocycles. The second-order valence-corrected chi connectivity index (χ2v) is 9.54. The van der Waals surface area contributed by atoms with Crippen molar-refractivity contribution in [3.8, 4) is 0 Å². The van der Waals surface area contributed by atoms with Gasteiger partial charge in [-0.05, 0) is 76.3 Å². The van der Waals surface area contributed by atoms with Crippen LogP contribution in [0.1, 0.15) is 27.3 Å². The van der Waals surface area contributed by atoms with Crippen molar-refractivity contribution < 1.29 is 4.79 Å². The van der Waals surface area contributed by atoms with Crippen molar-refractivity contribution in [1.82, 2.24) is 14.9 Å². The molecule has 4 rings (SSSR count). The van der Waals surface area contributed by atoms with Gasteiger partial charge in [0.1, 0.15) is 0 Å². The Bertz CT molecular complexity index is 1110. The van der Waals surface area contributed by atoms with Crippen LogP contribution in [0.5, 0.6) is 0 Å². The molecule has 0 saturated heterocycles. The van der Waals surface area contributed by atoms with Gasteiger partial charge in [0.05, 0.1) is 20.4 Å². The van der Waals surface area contributed by atoms with Gasteiger partial charge in [-0.1, -0.05) is 23.5 Å². The van der Waals surface area contributed by atoms with Gasteiger partial charge in [-0.25, -0.2) is 9.97 Å². The van der Waals surface area contributed by atoms with Gasteiger partial charge in [0.2, 0.25) is 0 Å². The Labute approximate surface area is 190 Å². The van der Waals surface area contributed by atoms with E-state index in [-0.39, 0.29) is 18.3 Å². The summed E-state index contributed by atoms with van der Waals surface area (Å²) in [7, 11) is 4.09. The molecule has 2 aromatic heterocycles. The van der Waals surface area contributed by atoms with Crippen molar-refractivity contribution in [3.05, 3.63) is 52.5 Å². The van der Waals surface area contributed by atoms with Gasteiger partial charge in [-0.15, -0.1) is 23.7 Å². The molecule has 0 N–H and O–H groups in total. The summed E-state index contributed by atoms with van der Waals surface area (Å²) in [5, 5.41) is 1.26. The first-order valence-corrected chi connectivity index (χ1v) is 11.3. The average Bonchev–Trinajstić information content (AvgIpc) is 3.28. The smallest absolute Gasteiger partial charge is 0.289 e. The number of nitrogens with zero attached hydrogens (tertiary/aromatic N) is 4. The number of rotatable bonds is 6. The van der Waals surface area contributed by atoms with E-state index < -0.39 is 0 Å². The van der Waals surface area contributed by atoms with Crippen LogP contribution in [0.15, 0.2) is 36.4 Å². The quantitative estimate of drug-likeness (QED) is 0.379. The maximum Gasteiger partial charge on any atom is 0.289 e. The summed E-state index contributed by atoms with van der Waals surface area (Å²) < 4.78 is 2.14. The molecule has 0 spiro atoms. The van der Waals surface area contributed by atoms with E-state index in [1.54, 1.807) is 16.2 Å². The summed E-state index contributed by atoms with van der Waals surface area (Å²) in [6.07, 6.45) is 0.873. The van der Waals surface area contributed by atoms with Crippen LogP contribution in [0, 0.1) is 13.8 Å². The van der Waals surface area contributed by atoms with E-state index in [4.69, 9.17) is 4.98 Å². The number of anilines is 1. The Morgan fingerprint density at radius 1 is 0.933 bits per heavy atom. The summed E-state index contributed by atoms with van der Waals surface area (Å²) in [5.41, 5.74) is 4.27. The Hall–Kier alpha value is -2.06. The zero-order chi connectivity index (χ0) is 20.5. The van der Waals surface area contributed by atoms with Crippen LogP contribution >= 0.6 is 35.1 Å². The van der Waals surface area contributed by atoms with E-state index in [1.165, 1.54) is 22.5 Å². The van der Waals surface area contributed by atoms with Gasteiger partial charge < -0.3 is 4.90 Å². The van der Waals surface area contributed by atoms with Crippen LogP contribution in [0.2, 0.25) is 0 Å². The van der Waals surface area contributed by atoms with Gasteiger partial charge >= 0.3 is 0 Å². The first-order chi connectivity index (χ1) is 13.9. The fraction of sp³-hybridized carbons (Fsp3) is 0.318. The van der Waals surface area contributed by atoms with Crippen molar-refractivity contribution in [2.24, 2.45) is 0 Å². The minimum absolute atomic E-state index is 0. The van der Waals surface area contributed by atoms with Crippen molar-refractivity contribution in [2.45, 2.75) is 20.3 Å². The van der Waals surface area contributed by atoms with Crippen molar-refractivity contribution in [3.63, 3.8) is 0 Å². The Kier molecular flexibility index (Phi) is 7.08. The maximum atomic E-state index is 13.4. The molecule has 1 amide bonds. The number of hydrogen-bond donors (Lipinski definition) is 0. The number of thiazole rings is 2. The van der Waals surface area contributed by atoms with Gasteiger partial charge in [0.25, 0.3) is 5.91 Å². The minimum atomic E-state index is -0.0718. The molecule has 0 atom stereocenters. The maximum absolute atomic E-state index is 13.4. The molecule has 0 aliphatic rings.